The molecular weight excluding hydrogens is 445 g/mol. The number of thiazole rings is 2. The van der Waals surface area contributed by atoms with Crippen molar-refractivity contribution in [2.45, 2.75) is 39.3 Å². The van der Waals surface area contributed by atoms with Crippen molar-refractivity contribution in [2.24, 2.45) is 0 Å². The van der Waals surface area contributed by atoms with E-state index in [0.717, 1.165) is 42.3 Å². The second-order valence-electron chi connectivity index (χ2n) is 9.13. The maximum atomic E-state index is 6.04. The summed E-state index contributed by atoms with van der Waals surface area (Å²) >= 11 is 3.27. The predicted octanol–water partition coefficient (Wildman–Crippen LogP) is 7.51. The molecular formula is C22H26N2O2S2Si2. The third-order valence-electron chi connectivity index (χ3n) is 4.03. The fourth-order valence-electron chi connectivity index (χ4n) is 2.93. The largest absolute Gasteiger partial charge is 0.544 e. The molecule has 0 radical (unpaired) electrons. The molecule has 0 unspecified atom stereocenters. The Balaban J connectivity index is 1.53. The fraction of sp³-hybridized carbons (Fsp3) is 0.273. The summed E-state index contributed by atoms with van der Waals surface area (Å²) in [6, 6.07) is 16.5. The average molecular weight is 471 g/mol. The molecule has 0 amide bonds. The molecule has 0 aliphatic heterocycles. The van der Waals surface area contributed by atoms with Gasteiger partial charge in [0.1, 0.15) is 21.5 Å². The van der Waals surface area contributed by atoms with Crippen LogP contribution in [0.3, 0.4) is 0 Å². The van der Waals surface area contributed by atoms with Gasteiger partial charge in [-0.3, -0.25) is 0 Å². The highest BCUT2D eigenvalue weighted by Gasteiger charge is 2.18. The van der Waals surface area contributed by atoms with Crippen molar-refractivity contribution in [1.82, 2.24) is 9.97 Å². The molecule has 2 heterocycles. The molecule has 0 aliphatic carbocycles. The second-order valence-corrected chi connectivity index (χ2v) is 19.9. The Morgan fingerprint density at radius 2 is 0.900 bits per heavy atom. The molecule has 0 fully saturated rings. The van der Waals surface area contributed by atoms with Crippen LogP contribution in [0.15, 0.2) is 48.5 Å². The van der Waals surface area contributed by atoms with Gasteiger partial charge in [-0.05, 0) is 87.8 Å². The van der Waals surface area contributed by atoms with Crippen LogP contribution in [0.4, 0.5) is 0 Å². The smallest absolute Gasteiger partial charge is 0.242 e. The molecule has 0 saturated carbocycles. The summed E-state index contributed by atoms with van der Waals surface area (Å²) in [6.07, 6.45) is 0. The average Bonchev–Trinajstić information content (AvgIpc) is 3.19. The summed E-state index contributed by atoms with van der Waals surface area (Å²) in [6.45, 7) is 13.1. The van der Waals surface area contributed by atoms with Crippen molar-refractivity contribution in [2.75, 3.05) is 0 Å². The number of aromatic nitrogens is 2. The predicted molar refractivity (Wildman–Crippen MR) is 134 cm³/mol. The van der Waals surface area contributed by atoms with E-state index >= 15 is 0 Å². The Labute approximate surface area is 187 Å². The monoisotopic (exact) mass is 470 g/mol. The number of rotatable bonds is 6. The molecule has 0 aliphatic rings. The van der Waals surface area contributed by atoms with Crippen LogP contribution in [0.1, 0.15) is 0 Å². The molecule has 0 spiro atoms. The molecule has 4 nitrogen and oxygen atoms in total. The van der Waals surface area contributed by atoms with Crippen molar-refractivity contribution < 1.29 is 8.85 Å². The molecule has 0 atom stereocenters. The van der Waals surface area contributed by atoms with Crippen LogP contribution < -0.4 is 8.85 Å². The highest BCUT2D eigenvalue weighted by atomic mass is 32.1. The van der Waals surface area contributed by atoms with Crippen LogP contribution in [-0.2, 0) is 0 Å². The fourth-order valence-corrected chi connectivity index (χ4v) is 6.67. The van der Waals surface area contributed by atoms with Crippen molar-refractivity contribution >= 4 is 49.0 Å². The second kappa shape index (κ2) is 7.92. The first-order valence-electron chi connectivity index (χ1n) is 9.92. The SMILES string of the molecule is C[Si](C)(C)Oc1ccc(-c2nc3sc(-c4ccc(O[Si](C)(C)C)cc4)nc3s2)cc1. The Bertz CT molecular complexity index is 1030. The molecule has 2 aromatic heterocycles. The van der Waals surface area contributed by atoms with Gasteiger partial charge in [0.2, 0.25) is 16.6 Å². The Morgan fingerprint density at radius 3 is 1.20 bits per heavy atom. The van der Waals surface area contributed by atoms with E-state index in [4.69, 9.17) is 18.8 Å². The minimum Gasteiger partial charge on any atom is -0.544 e. The van der Waals surface area contributed by atoms with E-state index in [1.54, 1.807) is 22.7 Å². The van der Waals surface area contributed by atoms with Gasteiger partial charge in [0.15, 0.2) is 9.66 Å². The quantitative estimate of drug-likeness (QED) is 0.273. The summed E-state index contributed by atoms with van der Waals surface area (Å²) in [5.41, 5.74) is 2.20. The molecule has 4 rings (SSSR count). The number of hydrogen-bond acceptors (Lipinski definition) is 6. The first-order valence-corrected chi connectivity index (χ1v) is 18.4. The number of fused-ring (bicyclic) bond motifs is 1. The lowest BCUT2D eigenvalue weighted by Gasteiger charge is -2.19. The molecule has 4 aromatic rings. The standard InChI is InChI=1S/C22H26N2O2S2Si2/c1-29(2,3)25-17-11-7-15(8-12-17)19-23-21-22(27-19)24-20(28-21)16-9-13-18(14-10-16)26-30(4,5)6/h7-14H,1-6H3. The third-order valence-corrected chi connectivity index (χ3v) is 7.85. The van der Waals surface area contributed by atoms with Crippen LogP contribution in [0.2, 0.25) is 39.3 Å². The minimum atomic E-state index is -1.59. The highest BCUT2D eigenvalue weighted by Crippen LogP contribution is 2.37. The van der Waals surface area contributed by atoms with Gasteiger partial charge in [-0.1, -0.05) is 22.7 Å². The highest BCUT2D eigenvalue weighted by molar-refractivity contribution is 7.29. The number of benzene rings is 2. The summed E-state index contributed by atoms with van der Waals surface area (Å²) in [7, 11) is -3.18. The zero-order valence-electron chi connectivity index (χ0n) is 18.1. The summed E-state index contributed by atoms with van der Waals surface area (Å²) in [5, 5.41) is 1.99. The van der Waals surface area contributed by atoms with Crippen LogP contribution >= 0.6 is 22.7 Å². The summed E-state index contributed by atoms with van der Waals surface area (Å²) in [4.78, 5) is 11.6. The number of nitrogens with zero attached hydrogens (tertiary/aromatic N) is 2. The van der Waals surface area contributed by atoms with E-state index in [9.17, 15) is 0 Å². The number of hydrogen-bond donors (Lipinski definition) is 0. The van der Waals surface area contributed by atoms with E-state index < -0.39 is 16.6 Å². The lowest BCUT2D eigenvalue weighted by atomic mass is 10.2. The Kier molecular flexibility index (Phi) is 5.60. The maximum Gasteiger partial charge on any atom is 0.242 e. The Morgan fingerprint density at radius 1 is 0.567 bits per heavy atom. The molecule has 30 heavy (non-hydrogen) atoms. The van der Waals surface area contributed by atoms with Gasteiger partial charge in [0.05, 0.1) is 0 Å². The van der Waals surface area contributed by atoms with Crippen LogP contribution in [0.25, 0.3) is 30.8 Å². The molecule has 0 bridgehead atoms. The molecule has 0 saturated heterocycles. The third kappa shape index (κ3) is 5.18. The topological polar surface area (TPSA) is 44.2 Å². The van der Waals surface area contributed by atoms with E-state index in [1.807, 2.05) is 24.3 Å². The summed E-state index contributed by atoms with van der Waals surface area (Å²) < 4.78 is 12.1. The van der Waals surface area contributed by atoms with Gasteiger partial charge in [0, 0.05) is 11.1 Å². The van der Waals surface area contributed by atoms with E-state index in [2.05, 4.69) is 63.5 Å². The van der Waals surface area contributed by atoms with Crippen molar-refractivity contribution in [3.05, 3.63) is 48.5 Å². The van der Waals surface area contributed by atoms with Crippen LogP contribution in [0.5, 0.6) is 11.5 Å². The summed E-state index contributed by atoms with van der Waals surface area (Å²) in [5.74, 6) is 1.86. The van der Waals surface area contributed by atoms with E-state index in [-0.39, 0.29) is 0 Å². The Hall–Kier alpha value is -2.01. The van der Waals surface area contributed by atoms with Gasteiger partial charge in [0.25, 0.3) is 0 Å². The lowest BCUT2D eigenvalue weighted by molar-refractivity contribution is 0.557. The van der Waals surface area contributed by atoms with Gasteiger partial charge in [-0.2, -0.15) is 0 Å². The van der Waals surface area contributed by atoms with Gasteiger partial charge in [-0.15, -0.1) is 0 Å². The van der Waals surface area contributed by atoms with Gasteiger partial charge >= 0.3 is 0 Å². The van der Waals surface area contributed by atoms with Crippen molar-refractivity contribution in [1.29, 1.82) is 0 Å². The van der Waals surface area contributed by atoms with Gasteiger partial charge < -0.3 is 8.85 Å². The van der Waals surface area contributed by atoms with Crippen LogP contribution in [-0.4, -0.2) is 26.6 Å². The lowest BCUT2D eigenvalue weighted by Crippen LogP contribution is -2.29. The molecule has 8 heteroatoms. The van der Waals surface area contributed by atoms with Gasteiger partial charge in [-0.25, -0.2) is 9.97 Å². The van der Waals surface area contributed by atoms with Crippen molar-refractivity contribution in [3.8, 4) is 32.6 Å². The first kappa shape index (κ1) is 21.2. The maximum absolute atomic E-state index is 6.04. The molecule has 156 valence electrons. The first-order chi connectivity index (χ1) is 14.1. The van der Waals surface area contributed by atoms with Crippen LogP contribution in [0, 0.1) is 0 Å². The van der Waals surface area contributed by atoms with Crippen molar-refractivity contribution in [3.63, 3.8) is 0 Å². The zero-order chi connectivity index (χ0) is 21.5. The normalized spacial score (nSPS) is 12.3. The molecule has 0 N–H and O–H groups in total. The van der Waals surface area contributed by atoms with E-state index in [0.29, 0.717) is 0 Å². The van der Waals surface area contributed by atoms with E-state index in [1.165, 1.54) is 0 Å². The minimum absolute atomic E-state index is 0.929. The molecule has 2 aromatic carbocycles. The zero-order valence-corrected chi connectivity index (χ0v) is 21.8.